The maximum atomic E-state index is 11.8. The van der Waals surface area contributed by atoms with E-state index in [0.717, 1.165) is 24.2 Å². The molecule has 18 heavy (non-hydrogen) atoms. The van der Waals surface area contributed by atoms with Crippen molar-refractivity contribution in [1.82, 2.24) is 0 Å². The number of hydrogen-bond acceptors (Lipinski definition) is 4. The van der Waals surface area contributed by atoms with Gasteiger partial charge in [-0.25, -0.2) is 0 Å². The van der Waals surface area contributed by atoms with E-state index in [1.54, 1.807) is 0 Å². The third-order valence-electron chi connectivity index (χ3n) is 3.62. The van der Waals surface area contributed by atoms with Crippen LogP contribution in [0.2, 0.25) is 0 Å². The molecule has 1 aliphatic heterocycles. The van der Waals surface area contributed by atoms with E-state index in [1.165, 1.54) is 5.56 Å². The largest absolute Gasteiger partial charge is 0.396 e. The molecule has 0 amide bonds. The zero-order valence-corrected chi connectivity index (χ0v) is 10.1. The lowest BCUT2D eigenvalue weighted by Crippen LogP contribution is -2.38. The van der Waals surface area contributed by atoms with Gasteiger partial charge in [-0.1, -0.05) is 18.7 Å². The van der Waals surface area contributed by atoms with E-state index in [-0.39, 0.29) is 5.78 Å². The smallest absolute Gasteiger partial charge is 0.213 e. The van der Waals surface area contributed by atoms with Crippen LogP contribution in [0.1, 0.15) is 11.1 Å². The highest BCUT2D eigenvalue weighted by Gasteiger charge is 2.37. The number of rotatable bonds is 2. The van der Waals surface area contributed by atoms with Crippen molar-refractivity contribution < 1.29 is 4.79 Å². The van der Waals surface area contributed by atoms with E-state index in [1.807, 2.05) is 17.0 Å². The normalized spacial score (nSPS) is 18.2. The first-order valence-electron chi connectivity index (χ1n) is 5.96. The molecule has 0 radical (unpaired) electrons. The van der Waals surface area contributed by atoms with Crippen molar-refractivity contribution in [1.29, 1.82) is 0 Å². The van der Waals surface area contributed by atoms with Crippen molar-refractivity contribution in [2.24, 2.45) is 11.5 Å². The molecule has 4 nitrogen and oxygen atoms in total. The highest BCUT2D eigenvalue weighted by atomic mass is 16.1. The minimum atomic E-state index is -0.0431. The number of anilines is 1. The molecule has 2 aliphatic rings. The van der Waals surface area contributed by atoms with Crippen molar-refractivity contribution in [3.63, 3.8) is 0 Å². The second-order valence-electron chi connectivity index (χ2n) is 4.64. The van der Waals surface area contributed by atoms with Gasteiger partial charge >= 0.3 is 0 Å². The van der Waals surface area contributed by atoms with Gasteiger partial charge in [-0.2, -0.15) is 0 Å². The number of carbonyl (C=O) groups is 1. The van der Waals surface area contributed by atoms with Gasteiger partial charge in [-0.15, -0.1) is 0 Å². The molecule has 0 aromatic heterocycles. The average molecular weight is 241 g/mol. The second kappa shape index (κ2) is 3.71. The van der Waals surface area contributed by atoms with Crippen LogP contribution in [-0.4, -0.2) is 12.3 Å². The summed E-state index contributed by atoms with van der Waals surface area (Å²) in [5.41, 5.74) is 16.4. The topological polar surface area (TPSA) is 72.3 Å². The predicted octanol–water partition coefficient (Wildman–Crippen LogP) is 0.817. The fourth-order valence-electron chi connectivity index (χ4n) is 2.52. The highest BCUT2D eigenvalue weighted by Crippen LogP contribution is 2.37. The molecule has 4 N–H and O–H groups in total. The number of carbonyl (C=O) groups excluding carboxylic acids is 1. The van der Waals surface area contributed by atoms with Crippen molar-refractivity contribution >= 4 is 11.5 Å². The van der Waals surface area contributed by atoms with Crippen molar-refractivity contribution in [3.05, 3.63) is 52.9 Å². The summed E-state index contributed by atoms with van der Waals surface area (Å²) in [4.78, 5) is 13.8. The Morgan fingerprint density at radius 2 is 2.17 bits per heavy atom. The Kier molecular flexibility index (Phi) is 2.28. The number of allylic oxidation sites excluding steroid dienone is 2. The molecule has 0 atom stereocenters. The molecule has 4 heteroatoms. The lowest BCUT2D eigenvalue weighted by Gasteiger charge is -2.30. The number of fused-ring (bicyclic) bond motifs is 1. The maximum absolute atomic E-state index is 11.8. The zero-order chi connectivity index (χ0) is 12.9. The van der Waals surface area contributed by atoms with Gasteiger partial charge in [-0.05, 0) is 23.6 Å². The van der Waals surface area contributed by atoms with Gasteiger partial charge in [0.2, 0.25) is 5.78 Å². The molecule has 1 aliphatic carbocycles. The maximum Gasteiger partial charge on any atom is 0.213 e. The predicted molar refractivity (Wildman–Crippen MR) is 70.7 cm³/mol. The number of Topliss-reactive ketones (excluding diaryl/α,β-unsaturated/α-hetero) is 1. The molecule has 1 aromatic carbocycles. The lowest BCUT2D eigenvalue weighted by atomic mass is 9.92. The SMILES string of the molecule is C=C1C(=O)C(N2CCc3ccc(CN)cc32)=C1N. The van der Waals surface area contributed by atoms with Gasteiger partial charge in [-0.3, -0.25) is 4.79 Å². The number of nitrogens with two attached hydrogens (primary N) is 2. The fraction of sp³-hybridized carbons (Fsp3) is 0.214. The summed E-state index contributed by atoms with van der Waals surface area (Å²) in [6, 6.07) is 6.14. The molecule has 0 saturated heterocycles. The number of ketones is 1. The van der Waals surface area contributed by atoms with Crippen LogP contribution in [0.4, 0.5) is 5.69 Å². The first-order valence-corrected chi connectivity index (χ1v) is 5.96. The van der Waals surface area contributed by atoms with Crippen LogP contribution in [0, 0.1) is 0 Å². The third kappa shape index (κ3) is 1.32. The summed E-state index contributed by atoms with van der Waals surface area (Å²) in [6.07, 6.45) is 0.927. The highest BCUT2D eigenvalue weighted by molar-refractivity contribution is 6.21. The van der Waals surface area contributed by atoms with Crippen molar-refractivity contribution in [2.45, 2.75) is 13.0 Å². The molecular weight excluding hydrogens is 226 g/mol. The Hall–Kier alpha value is -2.07. The summed E-state index contributed by atoms with van der Waals surface area (Å²) >= 11 is 0. The Morgan fingerprint density at radius 1 is 1.39 bits per heavy atom. The molecular formula is C14H15N3O. The fourth-order valence-corrected chi connectivity index (χ4v) is 2.52. The van der Waals surface area contributed by atoms with Crippen LogP contribution >= 0.6 is 0 Å². The molecule has 0 fully saturated rings. The van der Waals surface area contributed by atoms with E-state index < -0.39 is 0 Å². The van der Waals surface area contributed by atoms with E-state index in [2.05, 4.69) is 12.6 Å². The molecule has 1 heterocycles. The van der Waals surface area contributed by atoms with Crippen LogP contribution in [0.5, 0.6) is 0 Å². The van der Waals surface area contributed by atoms with Crippen LogP contribution in [0.25, 0.3) is 0 Å². The van der Waals surface area contributed by atoms with Crippen molar-refractivity contribution in [3.8, 4) is 0 Å². The van der Waals surface area contributed by atoms with Crippen LogP contribution in [0.3, 0.4) is 0 Å². The Balaban J connectivity index is 2.05. The molecule has 92 valence electrons. The lowest BCUT2D eigenvalue weighted by molar-refractivity contribution is -0.113. The summed E-state index contributed by atoms with van der Waals surface area (Å²) in [5, 5.41) is 0. The first kappa shape index (κ1) is 11.0. The summed E-state index contributed by atoms with van der Waals surface area (Å²) in [6.45, 7) is 4.94. The van der Waals surface area contributed by atoms with Crippen LogP contribution in [0.15, 0.2) is 41.7 Å². The van der Waals surface area contributed by atoms with Crippen LogP contribution < -0.4 is 16.4 Å². The minimum absolute atomic E-state index is 0.0431. The number of hydrogen-bond donors (Lipinski definition) is 2. The average Bonchev–Trinajstić information content (AvgIpc) is 2.81. The molecule has 0 unspecified atom stereocenters. The number of nitrogens with zero attached hydrogens (tertiary/aromatic N) is 1. The Bertz CT molecular complexity index is 601. The zero-order valence-electron chi connectivity index (χ0n) is 10.1. The van der Waals surface area contributed by atoms with Gasteiger partial charge < -0.3 is 16.4 Å². The molecule has 0 spiro atoms. The van der Waals surface area contributed by atoms with Gasteiger partial charge in [0.15, 0.2) is 0 Å². The molecule has 3 rings (SSSR count). The Labute approximate surface area is 106 Å². The van der Waals surface area contributed by atoms with E-state index in [0.29, 0.717) is 23.5 Å². The number of benzene rings is 1. The monoisotopic (exact) mass is 241 g/mol. The second-order valence-corrected chi connectivity index (χ2v) is 4.64. The standard InChI is InChI=1S/C14H15N3O/c1-8-12(16)13(14(8)18)17-5-4-10-3-2-9(7-15)6-11(10)17/h2-3,6H,1,4-5,7,15-16H2. The molecule has 1 aromatic rings. The minimum Gasteiger partial charge on any atom is -0.396 e. The molecule has 0 bridgehead atoms. The van der Waals surface area contributed by atoms with E-state index >= 15 is 0 Å². The summed E-state index contributed by atoms with van der Waals surface area (Å²) < 4.78 is 0. The third-order valence-corrected chi connectivity index (χ3v) is 3.62. The molecule has 0 saturated carbocycles. The summed E-state index contributed by atoms with van der Waals surface area (Å²) in [5.74, 6) is -0.0431. The van der Waals surface area contributed by atoms with E-state index in [4.69, 9.17) is 11.5 Å². The Morgan fingerprint density at radius 3 is 2.83 bits per heavy atom. The quantitative estimate of drug-likeness (QED) is 0.752. The van der Waals surface area contributed by atoms with Gasteiger partial charge in [0.1, 0.15) is 5.70 Å². The van der Waals surface area contributed by atoms with Crippen molar-refractivity contribution in [2.75, 3.05) is 11.4 Å². The summed E-state index contributed by atoms with van der Waals surface area (Å²) in [7, 11) is 0. The van der Waals surface area contributed by atoms with Gasteiger partial charge in [0, 0.05) is 24.4 Å². The van der Waals surface area contributed by atoms with Gasteiger partial charge in [0.05, 0.1) is 5.70 Å². The van der Waals surface area contributed by atoms with Crippen LogP contribution in [-0.2, 0) is 17.8 Å². The first-order chi connectivity index (χ1) is 8.63. The van der Waals surface area contributed by atoms with E-state index in [9.17, 15) is 4.79 Å². The van der Waals surface area contributed by atoms with Gasteiger partial charge in [0.25, 0.3) is 0 Å².